The molecule has 0 radical (unpaired) electrons. The minimum atomic E-state index is -0.243. The van der Waals surface area contributed by atoms with Crippen LogP contribution in [0.5, 0.6) is 0 Å². The van der Waals surface area contributed by atoms with Gasteiger partial charge in [-0.1, -0.05) is 23.2 Å². The van der Waals surface area contributed by atoms with E-state index in [0.717, 1.165) is 22.6 Å². The van der Waals surface area contributed by atoms with Gasteiger partial charge in [0, 0.05) is 0 Å². The second-order valence-corrected chi connectivity index (χ2v) is 6.37. The Morgan fingerprint density at radius 3 is 2.52 bits per heavy atom. The van der Waals surface area contributed by atoms with Crippen molar-refractivity contribution in [1.82, 2.24) is 9.55 Å². The normalized spacial score (nSPS) is 14.5. The number of nitrogens with zero attached hydrogens (tertiary/aromatic N) is 2. The molecule has 0 spiro atoms. The van der Waals surface area contributed by atoms with Crippen molar-refractivity contribution in [2.24, 2.45) is 0 Å². The van der Waals surface area contributed by atoms with Gasteiger partial charge in [-0.05, 0) is 38.1 Å². The van der Waals surface area contributed by atoms with Gasteiger partial charge in [-0.2, -0.15) is 0 Å². The summed E-state index contributed by atoms with van der Waals surface area (Å²) in [6.45, 7) is 3.92. The third-order valence-corrected chi connectivity index (χ3v) is 4.37. The summed E-state index contributed by atoms with van der Waals surface area (Å²) in [5, 5.41) is 0.728. The number of alkyl halides is 1. The highest BCUT2D eigenvalue weighted by Gasteiger charge is 2.22. The Hall–Kier alpha value is -1.16. The van der Waals surface area contributed by atoms with Crippen molar-refractivity contribution in [3.8, 4) is 0 Å². The second-order valence-electron chi connectivity index (χ2n) is 4.90. The lowest BCUT2D eigenvalue weighted by Gasteiger charge is -2.16. The zero-order valence-electron chi connectivity index (χ0n) is 11.5. The van der Waals surface area contributed by atoms with E-state index in [1.54, 1.807) is 12.3 Å². The maximum Gasteiger partial charge on any atom is 0.128 e. The molecule has 3 nitrogen and oxygen atoms in total. The van der Waals surface area contributed by atoms with E-state index in [-0.39, 0.29) is 11.4 Å². The van der Waals surface area contributed by atoms with Crippen LogP contribution in [-0.4, -0.2) is 9.55 Å². The summed E-state index contributed by atoms with van der Waals surface area (Å²) >= 11 is 18.5. The largest absolute Gasteiger partial charge is 0.467 e. The Morgan fingerprint density at radius 1 is 1.19 bits per heavy atom. The van der Waals surface area contributed by atoms with E-state index in [1.807, 2.05) is 36.6 Å². The Kier molecular flexibility index (Phi) is 3.91. The van der Waals surface area contributed by atoms with Gasteiger partial charge in [0.2, 0.25) is 0 Å². The van der Waals surface area contributed by atoms with E-state index >= 15 is 0 Å². The molecule has 2 aromatic heterocycles. The fourth-order valence-electron chi connectivity index (χ4n) is 2.45. The molecular formula is C15H13Cl3N2O. The van der Waals surface area contributed by atoms with Gasteiger partial charge in [0.1, 0.15) is 11.6 Å². The minimum absolute atomic E-state index is 0.0431. The predicted octanol–water partition coefficient (Wildman–Crippen LogP) is 5.85. The molecule has 21 heavy (non-hydrogen) atoms. The molecule has 6 heteroatoms. The Labute approximate surface area is 137 Å². The number of benzene rings is 1. The monoisotopic (exact) mass is 342 g/mol. The predicted molar refractivity (Wildman–Crippen MR) is 86.5 cm³/mol. The van der Waals surface area contributed by atoms with E-state index in [9.17, 15) is 0 Å². The highest BCUT2D eigenvalue weighted by molar-refractivity contribution is 6.42. The molecule has 0 aliphatic heterocycles. The molecule has 2 heterocycles. The maximum absolute atomic E-state index is 6.28. The highest BCUT2D eigenvalue weighted by atomic mass is 35.5. The number of hydrogen-bond acceptors (Lipinski definition) is 2. The number of imidazole rings is 1. The van der Waals surface area contributed by atoms with Crippen LogP contribution >= 0.6 is 34.8 Å². The van der Waals surface area contributed by atoms with Crippen LogP contribution in [-0.2, 0) is 0 Å². The van der Waals surface area contributed by atoms with Crippen LogP contribution in [0.1, 0.15) is 36.9 Å². The number of fused-ring (bicyclic) bond motifs is 1. The fourth-order valence-corrected chi connectivity index (χ4v) is 2.92. The molecule has 2 atom stereocenters. The molecular weight excluding hydrogens is 331 g/mol. The molecule has 3 aromatic rings. The van der Waals surface area contributed by atoms with Gasteiger partial charge in [-0.3, -0.25) is 0 Å². The van der Waals surface area contributed by atoms with Crippen LogP contribution in [0, 0.1) is 0 Å². The Balaban J connectivity index is 2.27. The zero-order chi connectivity index (χ0) is 15.1. The topological polar surface area (TPSA) is 31.0 Å². The lowest BCUT2D eigenvalue weighted by molar-refractivity contribution is 0.444. The van der Waals surface area contributed by atoms with Crippen LogP contribution in [0.2, 0.25) is 10.0 Å². The van der Waals surface area contributed by atoms with Gasteiger partial charge in [0.05, 0.1) is 38.8 Å². The number of hydrogen-bond donors (Lipinski definition) is 0. The summed E-state index contributed by atoms with van der Waals surface area (Å²) in [5.41, 5.74) is 1.65. The smallest absolute Gasteiger partial charge is 0.128 e. The van der Waals surface area contributed by atoms with E-state index < -0.39 is 0 Å². The SMILES string of the molecule is CC(Cl)c1nc2cc(Cl)c(Cl)cc2n1C(C)c1ccco1. The number of rotatable bonds is 3. The molecule has 0 fully saturated rings. The number of furan rings is 1. The number of aromatic nitrogens is 2. The lowest BCUT2D eigenvalue weighted by Crippen LogP contribution is -2.10. The van der Waals surface area contributed by atoms with Gasteiger partial charge < -0.3 is 8.98 Å². The van der Waals surface area contributed by atoms with Crippen LogP contribution in [0.15, 0.2) is 34.9 Å². The molecule has 0 aliphatic rings. The average molecular weight is 344 g/mol. The lowest BCUT2D eigenvalue weighted by atomic mass is 10.2. The summed E-state index contributed by atoms with van der Waals surface area (Å²) in [6.07, 6.45) is 1.65. The standard InChI is InChI=1S/C15H13Cl3N2O/c1-8(16)15-19-12-6-10(17)11(18)7-13(12)20(15)9(2)14-4-3-5-21-14/h3-9H,1-2H3. The molecule has 1 aromatic carbocycles. The van der Waals surface area contributed by atoms with Gasteiger partial charge in [0.25, 0.3) is 0 Å². The summed E-state index contributed by atoms with van der Waals surface area (Å²) < 4.78 is 7.54. The van der Waals surface area contributed by atoms with Crippen molar-refractivity contribution in [2.45, 2.75) is 25.3 Å². The van der Waals surface area contributed by atoms with Gasteiger partial charge in [-0.25, -0.2) is 4.98 Å². The summed E-state index contributed by atoms with van der Waals surface area (Å²) in [5.74, 6) is 1.59. The third-order valence-electron chi connectivity index (χ3n) is 3.46. The first-order valence-corrected chi connectivity index (χ1v) is 7.72. The third kappa shape index (κ3) is 2.54. The first-order chi connectivity index (χ1) is 9.99. The molecule has 3 rings (SSSR count). The molecule has 0 saturated heterocycles. The van der Waals surface area contributed by atoms with Crippen LogP contribution < -0.4 is 0 Å². The Morgan fingerprint density at radius 2 is 1.90 bits per heavy atom. The molecule has 0 aliphatic carbocycles. The average Bonchev–Trinajstić information content (AvgIpc) is 3.06. The first-order valence-electron chi connectivity index (χ1n) is 6.53. The molecule has 0 bridgehead atoms. The second kappa shape index (κ2) is 5.56. The fraction of sp³-hybridized carbons (Fsp3) is 0.267. The molecule has 2 unspecified atom stereocenters. The summed E-state index contributed by atoms with van der Waals surface area (Å²) in [4.78, 5) is 4.59. The van der Waals surface area contributed by atoms with Crippen molar-refractivity contribution in [1.29, 1.82) is 0 Å². The first kappa shape index (κ1) is 14.8. The molecule has 0 saturated carbocycles. The molecule has 0 N–H and O–H groups in total. The summed E-state index contributed by atoms with van der Waals surface area (Å²) in [6, 6.07) is 7.32. The highest BCUT2D eigenvalue weighted by Crippen LogP contribution is 2.34. The van der Waals surface area contributed by atoms with E-state index in [4.69, 9.17) is 39.2 Å². The van der Waals surface area contributed by atoms with Crippen molar-refractivity contribution >= 4 is 45.8 Å². The molecule has 0 amide bonds. The van der Waals surface area contributed by atoms with Crippen LogP contribution in [0.4, 0.5) is 0 Å². The quantitative estimate of drug-likeness (QED) is 0.559. The minimum Gasteiger partial charge on any atom is -0.467 e. The van der Waals surface area contributed by atoms with Crippen molar-refractivity contribution in [2.75, 3.05) is 0 Å². The Bertz CT molecular complexity index is 778. The van der Waals surface area contributed by atoms with E-state index in [0.29, 0.717) is 10.0 Å². The maximum atomic E-state index is 6.28. The van der Waals surface area contributed by atoms with Gasteiger partial charge >= 0.3 is 0 Å². The van der Waals surface area contributed by atoms with Gasteiger partial charge in [-0.15, -0.1) is 11.6 Å². The van der Waals surface area contributed by atoms with Crippen molar-refractivity contribution in [3.05, 3.63) is 52.2 Å². The molecule has 110 valence electrons. The number of halogens is 3. The van der Waals surface area contributed by atoms with E-state index in [2.05, 4.69) is 4.98 Å². The zero-order valence-corrected chi connectivity index (χ0v) is 13.7. The van der Waals surface area contributed by atoms with E-state index in [1.165, 1.54) is 0 Å². The van der Waals surface area contributed by atoms with Crippen molar-refractivity contribution in [3.63, 3.8) is 0 Å². The van der Waals surface area contributed by atoms with Crippen LogP contribution in [0.25, 0.3) is 11.0 Å². The van der Waals surface area contributed by atoms with Crippen LogP contribution in [0.3, 0.4) is 0 Å². The van der Waals surface area contributed by atoms with Crippen molar-refractivity contribution < 1.29 is 4.42 Å². The van der Waals surface area contributed by atoms with Gasteiger partial charge in [0.15, 0.2) is 0 Å². The summed E-state index contributed by atoms with van der Waals surface area (Å²) in [7, 11) is 0.